The highest BCUT2D eigenvalue weighted by molar-refractivity contribution is 6.01. The van der Waals surface area contributed by atoms with Crippen molar-refractivity contribution in [2.24, 2.45) is 0 Å². The molecule has 0 unspecified atom stereocenters. The van der Waals surface area contributed by atoms with E-state index in [1.54, 1.807) is 31.3 Å². The maximum Gasteiger partial charge on any atom is 0.357 e. The lowest BCUT2D eigenvalue weighted by Gasteiger charge is -2.16. The molecule has 0 aliphatic rings. The lowest BCUT2D eigenvalue weighted by molar-refractivity contribution is -0.131. The number of amides is 1. The average molecular weight is 341 g/mol. The minimum atomic E-state index is -1.26. The molecule has 2 aromatic heterocycles. The Morgan fingerprint density at radius 3 is 2.56 bits per heavy atom. The van der Waals surface area contributed by atoms with Gasteiger partial charge in [0.15, 0.2) is 5.69 Å². The number of aromatic nitrogens is 2. The number of likely N-dealkylation sites (N-methyl/N-ethyl adjacent to an activating group) is 1. The Hall–Kier alpha value is -3.42. The number of carboxylic acids is 1. The maximum absolute atomic E-state index is 12.5. The summed E-state index contributed by atoms with van der Waals surface area (Å²) in [4.78, 5) is 37.6. The molecule has 8 nitrogen and oxygen atoms in total. The summed E-state index contributed by atoms with van der Waals surface area (Å²) in [5.41, 5.74) is -0.781. The molecule has 0 saturated heterocycles. The number of hydrogen-bond donors (Lipinski definition) is 1. The van der Waals surface area contributed by atoms with Crippen molar-refractivity contribution in [1.82, 2.24) is 14.7 Å². The summed E-state index contributed by atoms with van der Waals surface area (Å²) < 4.78 is 6.06. The lowest BCUT2D eigenvalue weighted by atomic mass is 10.1. The molecule has 0 aliphatic heterocycles. The number of furan rings is 1. The zero-order valence-corrected chi connectivity index (χ0v) is 13.4. The van der Waals surface area contributed by atoms with Gasteiger partial charge >= 0.3 is 5.97 Å². The highest BCUT2D eigenvalue weighted by atomic mass is 16.4. The van der Waals surface area contributed by atoms with Crippen LogP contribution in [0, 0.1) is 0 Å². The molecule has 0 radical (unpaired) electrons. The molecular weight excluding hydrogens is 326 g/mol. The molecule has 25 heavy (non-hydrogen) atoms. The van der Waals surface area contributed by atoms with Gasteiger partial charge in [0.2, 0.25) is 5.91 Å². The van der Waals surface area contributed by atoms with Crippen molar-refractivity contribution in [3.63, 3.8) is 0 Å². The van der Waals surface area contributed by atoms with Crippen LogP contribution in [0.5, 0.6) is 0 Å². The van der Waals surface area contributed by atoms with Gasteiger partial charge in [-0.15, -0.1) is 0 Å². The molecule has 0 spiro atoms. The van der Waals surface area contributed by atoms with E-state index in [1.165, 1.54) is 23.3 Å². The van der Waals surface area contributed by atoms with Crippen LogP contribution in [0.2, 0.25) is 0 Å². The Labute approximate surface area is 141 Å². The molecule has 0 saturated carbocycles. The predicted molar refractivity (Wildman–Crippen MR) is 88.1 cm³/mol. The van der Waals surface area contributed by atoms with E-state index in [1.807, 2.05) is 0 Å². The van der Waals surface area contributed by atoms with Crippen molar-refractivity contribution in [1.29, 1.82) is 0 Å². The van der Waals surface area contributed by atoms with Gasteiger partial charge in [0.05, 0.1) is 18.2 Å². The zero-order valence-electron chi connectivity index (χ0n) is 13.4. The van der Waals surface area contributed by atoms with E-state index < -0.39 is 17.4 Å². The summed E-state index contributed by atoms with van der Waals surface area (Å²) in [7, 11) is 1.56. The first-order valence-corrected chi connectivity index (χ1v) is 7.47. The van der Waals surface area contributed by atoms with E-state index in [9.17, 15) is 19.5 Å². The number of rotatable bonds is 5. The monoisotopic (exact) mass is 341 g/mol. The van der Waals surface area contributed by atoms with E-state index >= 15 is 0 Å². The van der Waals surface area contributed by atoms with Crippen molar-refractivity contribution in [2.75, 3.05) is 7.05 Å². The topological polar surface area (TPSA) is 106 Å². The third-order valence-electron chi connectivity index (χ3n) is 3.75. The van der Waals surface area contributed by atoms with Crippen molar-refractivity contribution in [3.8, 4) is 0 Å². The molecule has 0 bridgehead atoms. The number of benzene rings is 1. The van der Waals surface area contributed by atoms with Gasteiger partial charge in [0.1, 0.15) is 12.3 Å². The van der Waals surface area contributed by atoms with Crippen LogP contribution in [0.1, 0.15) is 16.2 Å². The van der Waals surface area contributed by atoms with Gasteiger partial charge in [-0.05, 0) is 18.2 Å². The molecule has 2 heterocycles. The van der Waals surface area contributed by atoms with Crippen LogP contribution < -0.4 is 5.56 Å². The highest BCUT2D eigenvalue weighted by Gasteiger charge is 2.18. The zero-order chi connectivity index (χ0) is 18.0. The Morgan fingerprint density at radius 1 is 1.20 bits per heavy atom. The molecule has 1 amide bonds. The molecule has 0 aliphatic carbocycles. The molecule has 3 rings (SSSR count). The normalized spacial score (nSPS) is 10.8. The van der Waals surface area contributed by atoms with Crippen LogP contribution >= 0.6 is 0 Å². The van der Waals surface area contributed by atoms with Crippen molar-refractivity contribution in [2.45, 2.75) is 13.1 Å². The number of fused-ring (bicyclic) bond motifs is 1. The van der Waals surface area contributed by atoms with E-state index in [4.69, 9.17) is 4.42 Å². The largest absolute Gasteiger partial charge is 0.476 e. The van der Waals surface area contributed by atoms with Crippen molar-refractivity contribution < 1.29 is 19.1 Å². The second-order valence-electron chi connectivity index (χ2n) is 5.49. The minimum Gasteiger partial charge on any atom is -0.476 e. The minimum absolute atomic E-state index is 0.205. The van der Waals surface area contributed by atoms with Gasteiger partial charge in [-0.3, -0.25) is 9.59 Å². The molecule has 0 atom stereocenters. The van der Waals surface area contributed by atoms with Crippen molar-refractivity contribution >= 4 is 22.6 Å². The summed E-state index contributed by atoms with van der Waals surface area (Å²) in [5, 5.41) is 13.6. The van der Waals surface area contributed by atoms with Crippen LogP contribution in [0.3, 0.4) is 0 Å². The summed E-state index contributed by atoms with van der Waals surface area (Å²) in [6, 6.07) is 9.73. The molecule has 8 heteroatoms. The molecule has 1 aromatic carbocycles. The van der Waals surface area contributed by atoms with Gasteiger partial charge in [-0.1, -0.05) is 18.2 Å². The van der Waals surface area contributed by atoms with Crippen LogP contribution in [-0.4, -0.2) is 38.7 Å². The molecule has 0 fully saturated rings. The van der Waals surface area contributed by atoms with E-state index in [2.05, 4.69) is 5.10 Å². The smallest absolute Gasteiger partial charge is 0.357 e. The van der Waals surface area contributed by atoms with Gasteiger partial charge in [0.25, 0.3) is 5.56 Å². The predicted octanol–water partition coefficient (Wildman–Crippen LogP) is 1.35. The second kappa shape index (κ2) is 6.60. The Morgan fingerprint density at radius 2 is 1.92 bits per heavy atom. The number of hydrogen-bond acceptors (Lipinski definition) is 5. The number of carbonyl (C=O) groups excluding carboxylic acids is 1. The van der Waals surface area contributed by atoms with Crippen LogP contribution in [0.25, 0.3) is 10.8 Å². The standard InChI is InChI=1S/C17H15N3O5/c1-19(9-11-5-4-8-25-11)14(21)10-20-16(22)13-7-3-2-6-12(13)15(18-20)17(23)24/h2-8H,9-10H2,1H3,(H,23,24). The third kappa shape index (κ3) is 3.27. The van der Waals surface area contributed by atoms with E-state index in [-0.39, 0.29) is 29.6 Å². The summed E-state index contributed by atoms with van der Waals surface area (Å²) >= 11 is 0. The molecular formula is C17H15N3O5. The first-order chi connectivity index (χ1) is 12.0. The lowest BCUT2D eigenvalue weighted by Crippen LogP contribution is -2.35. The highest BCUT2D eigenvalue weighted by Crippen LogP contribution is 2.13. The summed E-state index contributed by atoms with van der Waals surface area (Å²) in [6.45, 7) is -0.124. The Bertz CT molecular complexity index is 991. The van der Waals surface area contributed by atoms with Gasteiger partial charge in [0, 0.05) is 12.4 Å². The number of carboxylic acid groups (broad SMARTS) is 1. The number of carbonyl (C=O) groups is 2. The fourth-order valence-electron chi connectivity index (χ4n) is 2.47. The van der Waals surface area contributed by atoms with Crippen molar-refractivity contribution in [3.05, 3.63) is 64.5 Å². The van der Waals surface area contributed by atoms with Crippen LogP contribution in [-0.2, 0) is 17.9 Å². The quantitative estimate of drug-likeness (QED) is 0.751. The van der Waals surface area contributed by atoms with Crippen LogP contribution in [0.4, 0.5) is 0 Å². The summed E-state index contributed by atoms with van der Waals surface area (Å²) in [6.07, 6.45) is 1.50. The first-order valence-electron chi connectivity index (χ1n) is 7.47. The molecule has 128 valence electrons. The third-order valence-corrected chi connectivity index (χ3v) is 3.75. The molecule has 3 aromatic rings. The van der Waals surface area contributed by atoms with E-state index in [0.717, 1.165) is 4.68 Å². The van der Waals surface area contributed by atoms with Gasteiger partial charge in [-0.2, -0.15) is 5.10 Å². The number of nitrogens with zero attached hydrogens (tertiary/aromatic N) is 3. The fraction of sp³-hybridized carbons (Fsp3) is 0.176. The fourth-order valence-corrected chi connectivity index (χ4v) is 2.47. The Balaban J connectivity index is 1.93. The Kier molecular flexibility index (Phi) is 4.34. The van der Waals surface area contributed by atoms with Gasteiger partial charge in [-0.25, -0.2) is 9.48 Å². The maximum atomic E-state index is 12.5. The second-order valence-corrected chi connectivity index (χ2v) is 5.49. The first kappa shape index (κ1) is 16.4. The SMILES string of the molecule is CN(Cc1ccco1)C(=O)Cn1nc(C(=O)O)c2ccccc2c1=O. The van der Waals surface area contributed by atoms with Crippen LogP contribution in [0.15, 0.2) is 51.9 Å². The number of aromatic carboxylic acids is 1. The summed E-state index contributed by atoms with van der Waals surface area (Å²) in [5.74, 6) is -1.06. The molecule has 1 N–H and O–H groups in total. The van der Waals surface area contributed by atoms with Gasteiger partial charge < -0.3 is 14.4 Å². The van der Waals surface area contributed by atoms with E-state index in [0.29, 0.717) is 5.76 Å². The average Bonchev–Trinajstić information content (AvgIpc) is 3.10.